The molecule has 3 aliphatic rings. The third-order valence-corrected chi connectivity index (χ3v) is 9.86. The number of likely N-dealkylation sites (tertiary alicyclic amines) is 1. The van der Waals surface area contributed by atoms with Crippen molar-refractivity contribution in [3.05, 3.63) is 82.3 Å². The van der Waals surface area contributed by atoms with Gasteiger partial charge in [-0.05, 0) is 74.7 Å². The lowest BCUT2D eigenvalue weighted by Crippen LogP contribution is -2.35. The predicted octanol–water partition coefficient (Wildman–Crippen LogP) is 6.82. The van der Waals surface area contributed by atoms with E-state index in [0.29, 0.717) is 41.9 Å². The van der Waals surface area contributed by atoms with Crippen molar-refractivity contribution in [2.75, 3.05) is 33.4 Å². The van der Waals surface area contributed by atoms with Crippen LogP contribution < -0.4 is 14.2 Å². The summed E-state index contributed by atoms with van der Waals surface area (Å²) in [5, 5.41) is 11.2. The van der Waals surface area contributed by atoms with E-state index in [-0.39, 0.29) is 17.8 Å². The Labute approximate surface area is 270 Å². The van der Waals surface area contributed by atoms with E-state index in [2.05, 4.69) is 15.5 Å². The molecule has 2 saturated heterocycles. The second-order valence-electron chi connectivity index (χ2n) is 12.2. The summed E-state index contributed by atoms with van der Waals surface area (Å²) >= 11 is 6.37. The van der Waals surface area contributed by atoms with Gasteiger partial charge >= 0.3 is 5.97 Å². The number of carbonyl (C=O) groups is 1. The Balaban J connectivity index is 0.996. The van der Waals surface area contributed by atoms with Crippen LogP contribution >= 0.6 is 11.6 Å². The second kappa shape index (κ2) is 11.8. The Morgan fingerprint density at radius 3 is 2.72 bits per heavy atom. The Morgan fingerprint density at radius 1 is 1.11 bits per heavy atom. The molecule has 3 aliphatic heterocycles. The number of hydrogen-bond acceptors (Lipinski definition) is 8. The molecule has 2 aromatic heterocycles. The summed E-state index contributed by atoms with van der Waals surface area (Å²) in [7, 11) is 1.55. The third-order valence-electron chi connectivity index (χ3n) is 9.54. The molecule has 5 aromatic rings. The average molecular weight is 644 g/mol. The minimum Gasteiger partial charge on any atom is -0.494 e. The number of methoxy groups -OCH3 is 1. The molecule has 46 heavy (non-hydrogen) atoms. The van der Waals surface area contributed by atoms with Gasteiger partial charge in [-0.3, -0.25) is 4.90 Å². The first-order valence-corrected chi connectivity index (χ1v) is 16.1. The fourth-order valence-electron chi connectivity index (χ4n) is 6.98. The minimum absolute atomic E-state index is 0.0947. The zero-order valence-electron chi connectivity index (χ0n) is 25.4. The number of rotatable bonds is 8. The number of aromatic carboxylic acids is 1. The Hall–Kier alpha value is -4.25. The lowest BCUT2D eigenvalue weighted by molar-refractivity contribution is -0.0592. The summed E-state index contributed by atoms with van der Waals surface area (Å²) in [5.41, 5.74) is 4.43. The summed E-state index contributed by atoms with van der Waals surface area (Å²) in [6, 6.07) is 15.1. The fourth-order valence-corrected chi connectivity index (χ4v) is 7.19. The molecule has 3 aromatic carbocycles. The molecule has 0 saturated carbocycles. The van der Waals surface area contributed by atoms with E-state index in [1.807, 2.05) is 30.3 Å². The third kappa shape index (κ3) is 5.14. The number of hydrogen-bond donors (Lipinski definition) is 1. The highest BCUT2D eigenvalue weighted by molar-refractivity contribution is 6.35. The zero-order chi connectivity index (χ0) is 31.4. The van der Waals surface area contributed by atoms with Crippen LogP contribution in [0, 0.1) is 0 Å². The van der Waals surface area contributed by atoms with Gasteiger partial charge in [0.15, 0.2) is 17.6 Å². The maximum Gasteiger partial charge on any atom is 0.335 e. The number of piperidine rings is 1. The van der Waals surface area contributed by atoms with Crippen molar-refractivity contribution >= 4 is 39.6 Å². The summed E-state index contributed by atoms with van der Waals surface area (Å²) in [4.78, 5) is 19.2. The Kier molecular flexibility index (Phi) is 7.51. The van der Waals surface area contributed by atoms with Crippen LogP contribution in [0.4, 0.5) is 0 Å². The molecule has 11 heteroatoms. The first-order valence-electron chi connectivity index (χ1n) is 15.7. The highest BCUT2D eigenvalue weighted by Gasteiger charge is 2.32. The number of aromatic nitrogens is 2. The minimum atomic E-state index is -0.996. The van der Waals surface area contributed by atoms with E-state index in [1.54, 1.807) is 25.5 Å². The summed E-state index contributed by atoms with van der Waals surface area (Å²) < 4.78 is 32.1. The van der Waals surface area contributed by atoms with Crippen LogP contribution in [-0.4, -0.2) is 65.0 Å². The maximum atomic E-state index is 11.9. The van der Waals surface area contributed by atoms with Crippen molar-refractivity contribution in [1.29, 1.82) is 0 Å². The van der Waals surface area contributed by atoms with Gasteiger partial charge in [-0.2, -0.15) is 0 Å². The van der Waals surface area contributed by atoms with Crippen LogP contribution in [0.25, 0.3) is 22.0 Å². The molecule has 0 amide bonds. The van der Waals surface area contributed by atoms with Gasteiger partial charge in [0.25, 0.3) is 0 Å². The lowest BCUT2D eigenvalue weighted by atomic mass is 9.88. The predicted molar refractivity (Wildman–Crippen MR) is 171 cm³/mol. The molecule has 5 heterocycles. The summed E-state index contributed by atoms with van der Waals surface area (Å²) in [6.45, 7) is 4.19. The highest BCUT2D eigenvalue weighted by Crippen LogP contribution is 2.45. The van der Waals surface area contributed by atoms with Gasteiger partial charge in [-0.25, -0.2) is 9.78 Å². The van der Waals surface area contributed by atoms with E-state index in [1.165, 1.54) is 5.56 Å². The van der Waals surface area contributed by atoms with Gasteiger partial charge in [-0.15, -0.1) is 0 Å². The van der Waals surface area contributed by atoms with E-state index in [4.69, 9.17) is 39.9 Å². The highest BCUT2D eigenvalue weighted by atomic mass is 35.5. The van der Waals surface area contributed by atoms with E-state index >= 15 is 0 Å². The smallest absolute Gasteiger partial charge is 0.335 e. The molecule has 0 radical (unpaired) electrons. The average Bonchev–Trinajstić information content (AvgIpc) is 3.68. The molecule has 0 aliphatic carbocycles. The van der Waals surface area contributed by atoms with Gasteiger partial charge < -0.3 is 33.0 Å². The lowest BCUT2D eigenvalue weighted by Gasteiger charge is -2.35. The first kappa shape index (κ1) is 29.2. The van der Waals surface area contributed by atoms with Crippen LogP contribution in [0.3, 0.4) is 0 Å². The van der Waals surface area contributed by atoms with Gasteiger partial charge in [0.2, 0.25) is 0 Å². The second-order valence-corrected chi connectivity index (χ2v) is 12.6. The van der Waals surface area contributed by atoms with Gasteiger partial charge in [0.1, 0.15) is 29.3 Å². The fraction of sp³-hybridized carbons (Fsp3) is 0.371. The number of halogens is 1. The van der Waals surface area contributed by atoms with Gasteiger partial charge in [0.05, 0.1) is 48.7 Å². The monoisotopic (exact) mass is 643 g/mol. The van der Waals surface area contributed by atoms with Crippen LogP contribution in [0.5, 0.6) is 17.2 Å². The topological polar surface area (TPSA) is 108 Å². The number of carboxylic acid groups (broad SMARTS) is 1. The molecule has 0 bridgehead atoms. The van der Waals surface area contributed by atoms with Crippen molar-refractivity contribution in [2.24, 2.45) is 0 Å². The number of carboxylic acids is 1. The van der Waals surface area contributed by atoms with E-state index in [0.717, 1.165) is 78.3 Å². The van der Waals surface area contributed by atoms with Crippen LogP contribution in [0.2, 0.25) is 5.02 Å². The van der Waals surface area contributed by atoms with Gasteiger partial charge in [-0.1, -0.05) is 23.7 Å². The van der Waals surface area contributed by atoms with Crippen molar-refractivity contribution < 1.29 is 33.3 Å². The molecule has 1 N–H and O–H groups in total. The Morgan fingerprint density at radius 2 is 1.96 bits per heavy atom. The zero-order valence-corrected chi connectivity index (χ0v) is 26.2. The van der Waals surface area contributed by atoms with Crippen LogP contribution in [0.15, 0.2) is 59.2 Å². The maximum absolute atomic E-state index is 11.9. The number of furan rings is 1. The quantitative estimate of drug-likeness (QED) is 0.195. The molecule has 0 unspecified atom stereocenters. The van der Waals surface area contributed by atoms with Crippen molar-refractivity contribution in [1.82, 2.24) is 14.5 Å². The molecule has 2 atom stereocenters. The SMILES string of the molecule is COc1cc(C(=O)O)cc2c1nc(CN1CCC(c3cccc4c3OC[C@@H](c3ccc(Cl)c5ccoc35)O4)CC1)n2C[C@@H]1CCO1. The van der Waals surface area contributed by atoms with E-state index in [9.17, 15) is 9.90 Å². The normalized spacial score (nSPS) is 20.2. The first-order chi connectivity index (χ1) is 22.5. The van der Waals surface area contributed by atoms with Crippen LogP contribution in [-0.2, 0) is 17.8 Å². The van der Waals surface area contributed by atoms with Crippen LogP contribution in [0.1, 0.15) is 58.6 Å². The molecule has 2 fully saturated rings. The standard InChI is InChI=1S/C35H34ClN3O7/c1-42-29-16-21(35(40)41)15-27-32(29)37-31(39(27)17-22-9-13-43-22)18-38-11-7-20(8-12-38)23-3-2-4-28-34(23)45-19-30(46-28)25-5-6-26(36)24-10-14-44-33(24)25/h2-6,10,14-16,20,22,30H,7-9,11-13,17-19H2,1H3,(H,40,41)/t22-,30-/m0/s1. The number of imidazole rings is 1. The van der Waals surface area contributed by atoms with Gasteiger partial charge in [0, 0.05) is 23.1 Å². The molecule has 10 nitrogen and oxygen atoms in total. The molecular weight excluding hydrogens is 610 g/mol. The van der Waals surface area contributed by atoms with E-state index < -0.39 is 5.97 Å². The molecule has 0 spiro atoms. The number of benzene rings is 3. The molecular formula is C35H34ClN3O7. The summed E-state index contributed by atoms with van der Waals surface area (Å²) in [6.07, 6.45) is 4.34. The van der Waals surface area contributed by atoms with Crippen molar-refractivity contribution in [2.45, 2.75) is 50.5 Å². The summed E-state index contributed by atoms with van der Waals surface area (Å²) in [5.74, 6) is 2.25. The molecule has 238 valence electrons. The number of para-hydroxylation sites is 1. The van der Waals surface area contributed by atoms with Crippen molar-refractivity contribution in [3.8, 4) is 17.2 Å². The number of fused-ring (bicyclic) bond motifs is 3. The largest absolute Gasteiger partial charge is 0.494 e. The van der Waals surface area contributed by atoms with Crippen molar-refractivity contribution in [3.63, 3.8) is 0 Å². The number of nitrogens with zero attached hydrogens (tertiary/aromatic N) is 3. The Bertz CT molecular complexity index is 1940. The molecule has 8 rings (SSSR count). The number of ether oxygens (including phenoxy) is 4.